The maximum Gasteiger partial charge on any atom is 0.319 e. The number of carbonyl (C=O) groups excluding carboxylic acids is 1. The number of aryl methyl sites for hydroxylation is 1. The van der Waals surface area contributed by atoms with Crippen molar-refractivity contribution in [2.24, 2.45) is 0 Å². The molecule has 24 heavy (non-hydrogen) atoms. The maximum absolute atomic E-state index is 12.0. The van der Waals surface area contributed by atoms with E-state index in [1.807, 2.05) is 57.2 Å². The van der Waals surface area contributed by atoms with Gasteiger partial charge in [0.15, 0.2) is 0 Å². The standard InChI is InChI=1S/C19H24N2O3/c1-4-23-17-10-8-16(9-11-17)21-19(22)20-15(3)13-24-18-7-5-6-14(2)12-18/h5-12,15H,4,13H2,1-3H3,(H2,20,21,22). The van der Waals surface area contributed by atoms with Crippen LogP contribution in [-0.2, 0) is 0 Å². The first-order valence-electron chi connectivity index (χ1n) is 8.06. The van der Waals surface area contributed by atoms with E-state index >= 15 is 0 Å². The molecule has 2 aromatic rings. The second-order valence-electron chi connectivity index (χ2n) is 5.58. The van der Waals surface area contributed by atoms with E-state index in [1.54, 1.807) is 12.1 Å². The van der Waals surface area contributed by atoms with Gasteiger partial charge < -0.3 is 20.1 Å². The van der Waals surface area contributed by atoms with Gasteiger partial charge in [-0.15, -0.1) is 0 Å². The third-order valence-corrected chi connectivity index (χ3v) is 3.29. The number of benzene rings is 2. The minimum Gasteiger partial charge on any atom is -0.494 e. The smallest absolute Gasteiger partial charge is 0.319 e. The molecule has 0 bridgehead atoms. The van der Waals surface area contributed by atoms with Crippen LogP contribution in [0.1, 0.15) is 19.4 Å². The molecule has 2 N–H and O–H groups in total. The van der Waals surface area contributed by atoms with Crippen LogP contribution < -0.4 is 20.1 Å². The summed E-state index contributed by atoms with van der Waals surface area (Å²) in [6, 6.07) is 14.7. The summed E-state index contributed by atoms with van der Waals surface area (Å²) in [5, 5.41) is 5.63. The molecular weight excluding hydrogens is 304 g/mol. The van der Waals surface area contributed by atoms with Crippen molar-refractivity contribution in [3.63, 3.8) is 0 Å². The Morgan fingerprint density at radius 1 is 1.08 bits per heavy atom. The fraction of sp³-hybridized carbons (Fsp3) is 0.316. The number of urea groups is 1. The number of rotatable bonds is 7. The summed E-state index contributed by atoms with van der Waals surface area (Å²) >= 11 is 0. The molecule has 0 aliphatic carbocycles. The Balaban J connectivity index is 1.76. The summed E-state index contributed by atoms with van der Waals surface area (Å²) in [5.74, 6) is 1.58. The van der Waals surface area contributed by atoms with Crippen LogP contribution in [0.2, 0.25) is 0 Å². The molecule has 1 atom stereocenters. The van der Waals surface area contributed by atoms with E-state index in [9.17, 15) is 4.79 Å². The SMILES string of the molecule is CCOc1ccc(NC(=O)NC(C)COc2cccc(C)c2)cc1. The van der Waals surface area contributed by atoms with Crippen molar-refractivity contribution in [3.8, 4) is 11.5 Å². The van der Waals surface area contributed by atoms with Crippen molar-refractivity contribution in [3.05, 3.63) is 54.1 Å². The molecule has 0 aliphatic rings. The molecule has 2 amide bonds. The first-order chi connectivity index (χ1) is 11.6. The fourth-order valence-electron chi connectivity index (χ4n) is 2.16. The molecule has 0 aromatic heterocycles. The zero-order valence-corrected chi connectivity index (χ0v) is 14.3. The number of hydrogen-bond donors (Lipinski definition) is 2. The molecule has 0 heterocycles. The predicted octanol–water partition coefficient (Wildman–Crippen LogP) is 3.98. The predicted molar refractivity (Wildman–Crippen MR) is 95.9 cm³/mol. The van der Waals surface area contributed by atoms with Crippen LogP contribution in [0.5, 0.6) is 11.5 Å². The Kier molecular flexibility index (Phi) is 6.49. The lowest BCUT2D eigenvalue weighted by atomic mass is 10.2. The number of hydrogen-bond acceptors (Lipinski definition) is 3. The van der Waals surface area contributed by atoms with Crippen LogP contribution >= 0.6 is 0 Å². The van der Waals surface area contributed by atoms with Crippen molar-refractivity contribution in [1.29, 1.82) is 0 Å². The zero-order valence-electron chi connectivity index (χ0n) is 14.3. The third kappa shape index (κ3) is 5.83. The summed E-state index contributed by atoms with van der Waals surface area (Å²) in [7, 11) is 0. The highest BCUT2D eigenvalue weighted by molar-refractivity contribution is 5.89. The summed E-state index contributed by atoms with van der Waals surface area (Å²) in [4.78, 5) is 12.0. The van der Waals surface area contributed by atoms with Crippen LogP contribution in [-0.4, -0.2) is 25.3 Å². The molecule has 1 unspecified atom stereocenters. The van der Waals surface area contributed by atoms with Gasteiger partial charge in [-0.25, -0.2) is 4.79 Å². The van der Waals surface area contributed by atoms with E-state index in [-0.39, 0.29) is 12.1 Å². The van der Waals surface area contributed by atoms with E-state index in [1.165, 1.54) is 0 Å². The van der Waals surface area contributed by atoms with E-state index < -0.39 is 0 Å². The average Bonchev–Trinajstić information content (AvgIpc) is 2.55. The van der Waals surface area contributed by atoms with Crippen molar-refractivity contribution in [2.75, 3.05) is 18.5 Å². The Hall–Kier alpha value is -2.69. The minimum atomic E-state index is -0.264. The van der Waals surface area contributed by atoms with Gasteiger partial charge in [-0.1, -0.05) is 12.1 Å². The monoisotopic (exact) mass is 328 g/mol. The van der Waals surface area contributed by atoms with Gasteiger partial charge in [0.1, 0.15) is 18.1 Å². The molecule has 5 nitrogen and oxygen atoms in total. The highest BCUT2D eigenvalue weighted by atomic mass is 16.5. The van der Waals surface area contributed by atoms with Crippen LogP contribution in [0.25, 0.3) is 0 Å². The van der Waals surface area contributed by atoms with Gasteiger partial charge in [0.05, 0.1) is 12.6 Å². The van der Waals surface area contributed by atoms with Crippen molar-refractivity contribution < 1.29 is 14.3 Å². The Morgan fingerprint density at radius 3 is 2.50 bits per heavy atom. The van der Waals surface area contributed by atoms with E-state index in [0.29, 0.717) is 18.9 Å². The summed E-state index contributed by atoms with van der Waals surface area (Å²) in [6.07, 6.45) is 0. The molecular formula is C19H24N2O3. The van der Waals surface area contributed by atoms with E-state index in [0.717, 1.165) is 17.1 Å². The Morgan fingerprint density at radius 2 is 1.83 bits per heavy atom. The molecule has 0 saturated heterocycles. The third-order valence-electron chi connectivity index (χ3n) is 3.29. The zero-order chi connectivity index (χ0) is 17.4. The molecule has 2 aromatic carbocycles. The quantitative estimate of drug-likeness (QED) is 0.808. The van der Waals surface area contributed by atoms with Gasteiger partial charge in [0.25, 0.3) is 0 Å². The number of anilines is 1. The maximum atomic E-state index is 12.0. The number of carbonyl (C=O) groups is 1. The lowest BCUT2D eigenvalue weighted by molar-refractivity contribution is 0.236. The van der Waals surface area contributed by atoms with Crippen molar-refractivity contribution in [2.45, 2.75) is 26.8 Å². The van der Waals surface area contributed by atoms with Crippen LogP contribution in [0, 0.1) is 6.92 Å². The Bertz CT molecular complexity index is 656. The largest absolute Gasteiger partial charge is 0.494 e. The molecule has 0 fully saturated rings. The first kappa shape index (κ1) is 17.7. The van der Waals surface area contributed by atoms with Crippen molar-refractivity contribution in [1.82, 2.24) is 5.32 Å². The molecule has 0 spiro atoms. The molecule has 5 heteroatoms. The van der Waals surface area contributed by atoms with Crippen LogP contribution in [0.3, 0.4) is 0 Å². The molecule has 128 valence electrons. The number of nitrogens with one attached hydrogen (secondary N) is 2. The normalized spacial score (nSPS) is 11.5. The second kappa shape index (κ2) is 8.82. The minimum absolute atomic E-state index is 0.117. The highest BCUT2D eigenvalue weighted by Gasteiger charge is 2.08. The second-order valence-corrected chi connectivity index (χ2v) is 5.58. The molecule has 2 rings (SSSR count). The number of amides is 2. The topological polar surface area (TPSA) is 59.6 Å². The highest BCUT2D eigenvalue weighted by Crippen LogP contribution is 2.15. The van der Waals surface area contributed by atoms with Gasteiger partial charge in [-0.05, 0) is 62.7 Å². The Labute approximate surface area is 143 Å². The van der Waals surface area contributed by atoms with Gasteiger partial charge in [0, 0.05) is 5.69 Å². The molecule has 0 radical (unpaired) electrons. The van der Waals surface area contributed by atoms with E-state index in [4.69, 9.17) is 9.47 Å². The van der Waals surface area contributed by atoms with Gasteiger partial charge in [-0.3, -0.25) is 0 Å². The lowest BCUT2D eigenvalue weighted by Gasteiger charge is -2.16. The van der Waals surface area contributed by atoms with Gasteiger partial charge in [0.2, 0.25) is 0 Å². The van der Waals surface area contributed by atoms with Crippen LogP contribution in [0.15, 0.2) is 48.5 Å². The van der Waals surface area contributed by atoms with Crippen LogP contribution in [0.4, 0.5) is 10.5 Å². The summed E-state index contributed by atoms with van der Waals surface area (Å²) in [5.41, 5.74) is 1.85. The molecule has 0 saturated carbocycles. The van der Waals surface area contributed by atoms with Gasteiger partial charge in [-0.2, -0.15) is 0 Å². The number of ether oxygens (including phenoxy) is 2. The average molecular weight is 328 g/mol. The van der Waals surface area contributed by atoms with E-state index in [2.05, 4.69) is 10.6 Å². The fourth-order valence-corrected chi connectivity index (χ4v) is 2.16. The summed E-state index contributed by atoms with van der Waals surface area (Å²) in [6.45, 7) is 6.86. The van der Waals surface area contributed by atoms with Gasteiger partial charge >= 0.3 is 6.03 Å². The summed E-state index contributed by atoms with van der Waals surface area (Å²) < 4.78 is 11.1. The lowest BCUT2D eigenvalue weighted by Crippen LogP contribution is -2.39. The first-order valence-corrected chi connectivity index (χ1v) is 8.06. The molecule has 0 aliphatic heterocycles. The van der Waals surface area contributed by atoms with Crippen molar-refractivity contribution >= 4 is 11.7 Å².